The molecule has 0 fully saturated rings. The number of aryl methyl sites for hydroxylation is 1. The number of benzene rings is 9. The lowest BCUT2D eigenvalue weighted by Crippen LogP contribution is -2.19. The van der Waals surface area contributed by atoms with Crippen molar-refractivity contribution in [3.05, 3.63) is 229 Å². The highest BCUT2D eigenvalue weighted by molar-refractivity contribution is 6.17. The molecule has 0 saturated carbocycles. The number of hydrogen-bond donors (Lipinski definition) is 2. The minimum Gasteiger partial charge on any atom is -0.456 e. The van der Waals surface area contributed by atoms with E-state index in [2.05, 4.69) is 162 Å². The third-order valence-electron chi connectivity index (χ3n) is 11.9. The van der Waals surface area contributed by atoms with E-state index in [1.54, 1.807) is 0 Å². The summed E-state index contributed by atoms with van der Waals surface area (Å²) in [7, 11) is 0. The van der Waals surface area contributed by atoms with E-state index in [9.17, 15) is 0 Å². The largest absolute Gasteiger partial charge is 0.456 e. The Morgan fingerprint density at radius 1 is 0.476 bits per heavy atom. The van der Waals surface area contributed by atoms with Crippen LogP contribution in [0.15, 0.2) is 222 Å². The van der Waals surface area contributed by atoms with Crippen molar-refractivity contribution in [2.45, 2.75) is 6.92 Å². The van der Waals surface area contributed by atoms with Gasteiger partial charge in [0.05, 0.1) is 33.4 Å². The Balaban J connectivity index is 0.000000581. The summed E-state index contributed by atoms with van der Waals surface area (Å²) in [5.74, 6) is 0.344. The van der Waals surface area contributed by atoms with Crippen molar-refractivity contribution in [1.29, 1.82) is 5.41 Å². The lowest BCUT2D eigenvalue weighted by Gasteiger charge is -2.23. The Labute approximate surface area is 363 Å². The molecule has 0 bridgehead atoms. The van der Waals surface area contributed by atoms with Gasteiger partial charge >= 0.3 is 0 Å². The molecule has 0 aliphatic heterocycles. The Morgan fingerprint density at radius 3 is 1.51 bits per heavy atom. The molecule has 0 aliphatic rings. The minimum atomic E-state index is 0.0928. The smallest absolute Gasteiger partial charge is 0.154 e. The van der Waals surface area contributed by atoms with Gasteiger partial charge in [-0.1, -0.05) is 163 Å². The zero-order valence-electron chi connectivity index (χ0n) is 34.5. The molecule has 0 aliphatic carbocycles. The van der Waals surface area contributed by atoms with Gasteiger partial charge in [0.15, 0.2) is 5.84 Å². The zero-order chi connectivity index (χ0) is 42.4. The van der Waals surface area contributed by atoms with E-state index in [4.69, 9.17) is 20.6 Å². The second-order valence-electron chi connectivity index (χ2n) is 15.8. The molecule has 6 nitrogen and oxygen atoms in total. The van der Waals surface area contributed by atoms with Crippen LogP contribution in [0.5, 0.6) is 0 Å². The van der Waals surface area contributed by atoms with Crippen LogP contribution < -0.4 is 5.73 Å². The molecule has 0 amide bonds. The molecule has 6 heteroatoms. The first-order valence-corrected chi connectivity index (χ1v) is 21.1. The van der Waals surface area contributed by atoms with Gasteiger partial charge in [-0.05, 0) is 67.1 Å². The van der Waals surface area contributed by atoms with Gasteiger partial charge in [-0.25, -0.2) is 4.99 Å². The molecular weight excluding hydrogens is 771 g/mol. The van der Waals surface area contributed by atoms with Crippen LogP contribution in [0.25, 0.3) is 88.1 Å². The van der Waals surface area contributed by atoms with Gasteiger partial charge in [-0.15, -0.1) is 0 Å². The van der Waals surface area contributed by atoms with Crippen molar-refractivity contribution in [2.75, 3.05) is 0 Å². The second-order valence-corrected chi connectivity index (χ2v) is 15.8. The van der Waals surface area contributed by atoms with Crippen molar-refractivity contribution in [2.24, 2.45) is 10.7 Å². The Bertz CT molecular complexity index is 3620. The van der Waals surface area contributed by atoms with Crippen LogP contribution >= 0.6 is 0 Å². The highest BCUT2D eigenvalue weighted by Gasteiger charge is 2.26. The normalized spacial score (nSPS) is 11.8. The molecule has 0 radical (unpaired) electrons. The number of hydrogen-bond acceptors (Lipinski definition) is 2. The number of nitrogens with two attached hydrogens (primary N) is 1. The fourth-order valence-corrected chi connectivity index (χ4v) is 9.10. The summed E-state index contributed by atoms with van der Waals surface area (Å²) in [6, 6.07) is 72.9. The van der Waals surface area contributed by atoms with Crippen molar-refractivity contribution in [3.8, 4) is 22.5 Å². The fourth-order valence-electron chi connectivity index (χ4n) is 9.10. The molecule has 3 N–H and O–H groups in total. The maximum atomic E-state index is 9.02. The number of nitrogens with zero attached hydrogens (tertiary/aromatic N) is 3. The first-order chi connectivity index (χ1) is 31.0. The topological polar surface area (TPSA) is 85.2 Å². The highest BCUT2D eigenvalue weighted by Crippen LogP contribution is 2.44. The van der Waals surface area contributed by atoms with Gasteiger partial charge in [-0.3, -0.25) is 5.41 Å². The predicted molar refractivity (Wildman–Crippen MR) is 263 cm³/mol. The molecule has 300 valence electrons. The Kier molecular flexibility index (Phi) is 9.24. The van der Waals surface area contributed by atoms with Crippen molar-refractivity contribution in [1.82, 2.24) is 9.13 Å². The average molecular weight is 812 g/mol. The summed E-state index contributed by atoms with van der Waals surface area (Å²) in [6.45, 7) is 2.08. The average Bonchev–Trinajstić information content (AvgIpc) is 3.99. The quantitative estimate of drug-likeness (QED) is 0.134. The maximum Gasteiger partial charge on any atom is 0.154 e. The molecule has 0 atom stereocenters. The molecule has 12 rings (SSSR count). The van der Waals surface area contributed by atoms with Crippen molar-refractivity contribution in [3.63, 3.8) is 0 Å². The van der Waals surface area contributed by atoms with Crippen LogP contribution in [0, 0.1) is 12.3 Å². The summed E-state index contributed by atoms with van der Waals surface area (Å²) in [5.41, 5.74) is 19.6. The summed E-state index contributed by atoms with van der Waals surface area (Å²) in [5, 5.41) is 15.7. The fraction of sp³-hybridized carbons (Fsp3) is 0.0175. The summed E-state index contributed by atoms with van der Waals surface area (Å²) in [4.78, 5) is 4.79. The maximum absolute atomic E-state index is 9.02. The monoisotopic (exact) mass is 811 g/mol. The molecule has 0 saturated heterocycles. The number of rotatable bonds is 5. The number of para-hydroxylation sites is 5. The molecule has 9 aromatic carbocycles. The minimum absolute atomic E-state index is 0.0928. The standard InChI is InChI=1S/C50H33N5O.C7H8/c51-49(31-14-2-1-3-15-31)53-50(52)38-27-28-44(54-40-21-9-4-16-33(40)34-17-5-10-22-41(34)54)48(55-42-23-11-6-18-35(42)36-19-7-12-24-43(36)55)47(38)32-26-29-46-39(30-32)37-20-8-13-25-45(37)56-46;1-7-5-3-2-4-6-7/h1-30H,(H3,51,52,53);2-6H,1H3. The third-order valence-corrected chi connectivity index (χ3v) is 11.9. The molecule has 12 aromatic rings. The lowest BCUT2D eigenvalue weighted by molar-refractivity contribution is 0.669. The number of fused-ring (bicyclic) bond motifs is 9. The first kappa shape index (κ1) is 37.5. The van der Waals surface area contributed by atoms with Gasteiger partial charge in [0, 0.05) is 49.0 Å². The molecule has 3 heterocycles. The number of aliphatic imine (C=N–C) groups is 1. The first-order valence-electron chi connectivity index (χ1n) is 21.1. The van der Waals surface area contributed by atoms with Crippen LogP contribution in [0.1, 0.15) is 16.7 Å². The molecular formula is C57H41N5O. The van der Waals surface area contributed by atoms with E-state index in [-0.39, 0.29) is 11.7 Å². The molecule has 63 heavy (non-hydrogen) atoms. The van der Waals surface area contributed by atoms with E-state index in [0.717, 1.165) is 82.8 Å². The highest BCUT2D eigenvalue weighted by atomic mass is 16.3. The molecule has 0 spiro atoms. The van der Waals surface area contributed by atoms with Crippen LogP contribution in [-0.2, 0) is 0 Å². The van der Waals surface area contributed by atoms with Gasteiger partial charge in [0.1, 0.15) is 17.0 Å². The van der Waals surface area contributed by atoms with Gasteiger partial charge < -0.3 is 19.3 Å². The Hall–Kier alpha value is -8.48. The van der Waals surface area contributed by atoms with Crippen molar-refractivity contribution < 1.29 is 4.42 Å². The molecule has 0 unspecified atom stereocenters. The molecule has 3 aromatic heterocycles. The van der Waals surface area contributed by atoms with Gasteiger partial charge in [-0.2, -0.15) is 0 Å². The SMILES string of the molecule is Cc1ccccc1.N=C(N=C(N)c1ccc(-n2c3ccccc3c3ccccc32)c(-n2c3ccccc3c3ccccc32)c1-c1ccc2oc3ccccc3c2c1)c1ccccc1. The van der Waals surface area contributed by atoms with E-state index in [0.29, 0.717) is 5.56 Å². The van der Waals surface area contributed by atoms with Crippen LogP contribution in [0.3, 0.4) is 0 Å². The van der Waals surface area contributed by atoms with E-state index < -0.39 is 0 Å². The van der Waals surface area contributed by atoms with Crippen LogP contribution in [-0.4, -0.2) is 20.8 Å². The van der Waals surface area contributed by atoms with E-state index in [1.165, 1.54) is 16.3 Å². The number of amidine groups is 2. The van der Waals surface area contributed by atoms with E-state index >= 15 is 0 Å². The van der Waals surface area contributed by atoms with Gasteiger partial charge in [0.2, 0.25) is 0 Å². The van der Waals surface area contributed by atoms with E-state index in [1.807, 2.05) is 66.7 Å². The second kappa shape index (κ2) is 15.5. The lowest BCUT2D eigenvalue weighted by atomic mass is 9.93. The zero-order valence-corrected chi connectivity index (χ0v) is 34.5. The third kappa shape index (κ3) is 6.44. The number of furan rings is 1. The number of aromatic nitrogens is 2. The predicted octanol–water partition coefficient (Wildman–Crippen LogP) is 14.2. The summed E-state index contributed by atoms with van der Waals surface area (Å²) >= 11 is 0. The van der Waals surface area contributed by atoms with Crippen molar-refractivity contribution >= 4 is 77.2 Å². The van der Waals surface area contributed by atoms with Crippen LogP contribution in [0.2, 0.25) is 0 Å². The summed E-state index contributed by atoms with van der Waals surface area (Å²) < 4.78 is 11.1. The Morgan fingerprint density at radius 2 is 0.952 bits per heavy atom. The van der Waals surface area contributed by atoms with Crippen LogP contribution in [0.4, 0.5) is 0 Å². The summed E-state index contributed by atoms with van der Waals surface area (Å²) in [6.07, 6.45) is 0. The van der Waals surface area contributed by atoms with Gasteiger partial charge in [0.25, 0.3) is 0 Å². The number of nitrogens with one attached hydrogen (secondary N) is 1.